The molecule has 1 aliphatic rings. The van der Waals surface area contributed by atoms with Gasteiger partial charge in [-0.05, 0) is 48.4 Å². The van der Waals surface area contributed by atoms with Crippen molar-refractivity contribution in [1.29, 1.82) is 5.26 Å². The molecule has 0 aliphatic carbocycles. The van der Waals surface area contributed by atoms with Gasteiger partial charge in [0.2, 0.25) is 5.88 Å². The number of ether oxygens (including phenoxy) is 5. The van der Waals surface area contributed by atoms with Crippen LogP contribution in [0.5, 0.6) is 28.7 Å². The predicted molar refractivity (Wildman–Crippen MR) is 157 cm³/mol. The van der Waals surface area contributed by atoms with Crippen molar-refractivity contribution < 1.29 is 28.5 Å². The summed E-state index contributed by atoms with van der Waals surface area (Å²) in [6, 6.07) is 27.5. The van der Waals surface area contributed by atoms with Crippen molar-refractivity contribution in [2.75, 3.05) is 13.7 Å². The highest BCUT2D eigenvalue weighted by Crippen LogP contribution is 2.45. The second-order valence-corrected chi connectivity index (χ2v) is 9.91. The molecule has 4 aromatic carbocycles. The third-order valence-electron chi connectivity index (χ3n) is 6.64. The molecule has 1 heterocycles. The first-order chi connectivity index (χ1) is 20.4. The zero-order valence-corrected chi connectivity index (χ0v) is 23.7. The first-order valence-electron chi connectivity index (χ1n) is 13.0. The SMILES string of the molecule is COc1cc(C2C(C#N)=C(N)Oc3cc(OC(=O)COc4ccccc4Cl)ccc32)ccc1OCc1ccc(C)cc1. The molecule has 0 aromatic heterocycles. The lowest BCUT2D eigenvalue weighted by molar-refractivity contribution is -0.136. The van der Waals surface area contributed by atoms with Crippen molar-refractivity contribution >= 4 is 17.6 Å². The van der Waals surface area contributed by atoms with Crippen molar-refractivity contribution in [2.45, 2.75) is 19.4 Å². The van der Waals surface area contributed by atoms with Gasteiger partial charge in [-0.3, -0.25) is 0 Å². The summed E-state index contributed by atoms with van der Waals surface area (Å²) in [6.45, 7) is 2.06. The number of esters is 1. The van der Waals surface area contributed by atoms with E-state index in [1.54, 1.807) is 55.6 Å². The van der Waals surface area contributed by atoms with Gasteiger partial charge in [0.05, 0.1) is 18.1 Å². The van der Waals surface area contributed by atoms with E-state index in [-0.39, 0.29) is 23.8 Å². The third-order valence-corrected chi connectivity index (χ3v) is 6.95. The smallest absolute Gasteiger partial charge is 0.349 e. The summed E-state index contributed by atoms with van der Waals surface area (Å²) in [5, 5.41) is 10.3. The third kappa shape index (κ3) is 6.27. The normalized spacial score (nSPS) is 13.8. The minimum absolute atomic E-state index is 0.0424. The van der Waals surface area contributed by atoms with E-state index in [1.807, 2.05) is 43.3 Å². The van der Waals surface area contributed by atoms with E-state index in [1.165, 1.54) is 5.56 Å². The number of para-hydroxylation sites is 1. The number of carbonyl (C=O) groups is 1. The van der Waals surface area contributed by atoms with Crippen LogP contribution < -0.4 is 29.4 Å². The van der Waals surface area contributed by atoms with Crippen LogP contribution in [-0.2, 0) is 11.4 Å². The highest BCUT2D eigenvalue weighted by molar-refractivity contribution is 6.32. The van der Waals surface area contributed by atoms with Crippen molar-refractivity contribution in [3.8, 4) is 34.8 Å². The molecule has 8 nitrogen and oxygen atoms in total. The van der Waals surface area contributed by atoms with Crippen molar-refractivity contribution in [3.63, 3.8) is 0 Å². The van der Waals surface area contributed by atoms with Crippen LogP contribution in [0.4, 0.5) is 0 Å². The molecule has 1 atom stereocenters. The first-order valence-corrected chi connectivity index (χ1v) is 13.4. The summed E-state index contributed by atoms with van der Waals surface area (Å²) in [6.07, 6.45) is 0. The minimum Gasteiger partial charge on any atom is -0.493 e. The van der Waals surface area contributed by atoms with Gasteiger partial charge in [0.1, 0.15) is 35.5 Å². The Bertz CT molecular complexity index is 1690. The lowest BCUT2D eigenvalue weighted by Crippen LogP contribution is -2.22. The van der Waals surface area contributed by atoms with Crippen LogP contribution in [0.3, 0.4) is 0 Å². The molecule has 42 heavy (non-hydrogen) atoms. The average molecular weight is 583 g/mol. The highest BCUT2D eigenvalue weighted by atomic mass is 35.5. The van der Waals surface area contributed by atoms with E-state index in [4.69, 9.17) is 41.0 Å². The number of aryl methyl sites for hydroxylation is 1. The molecule has 0 bridgehead atoms. The molecule has 0 amide bonds. The Morgan fingerprint density at radius 1 is 0.976 bits per heavy atom. The van der Waals surface area contributed by atoms with Crippen molar-refractivity contribution in [3.05, 3.63) is 124 Å². The second kappa shape index (κ2) is 12.6. The number of allylic oxidation sites excluding steroid dienone is 1. The number of hydrogen-bond donors (Lipinski definition) is 1. The molecular weight excluding hydrogens is 556 g/mol. The van der Waals surface area contributed by atoms with Crippen LogP contribution in [0.2, 0.25) is 5.02 Å². The largest absolute Gasteiger partial charge is 0.493 e. The van der Waals surface area contributed by atoms with Gasteiger partial charge >= 0.3 is 5.97 Å². The fourth-order valence-electron chi connectivity index (χ4n) is 4.53. The van der Waals surface area contributed by atoms with Gasteiger partial charge in [-0.2, -0.15) is 5.26 Å². The maximum atomic E-state index is 12.4. The van der Waals surface area contributed by atoms with E-state index in [0.29, 0.717) is 40.2 Å². The van der Waals surface area contributed by atoms with Gasteiger partial charge in [-0.15, -0.1) is 0 Å². The van der Waals surface area contributed by atoms with Crippen LogP contribution in [-0.4, -0.2) is 19.7 Å². The van der Waals surface area contributed by atoms with E-state index >= 15 is 0 Å². The number of benzene rings is 4. The molecule has 0 spiro atoms. The zero-order chi connectivity index (χ0) is 29.6. The summed E-state index contributed by atoms with van der Waals surface area (Å²) in [5.74, 6) is 0.800. The van der Waals surface area contributed by atoms with E-state index in [9.17, 15) is 10.1 Å². The molecule has 0 saturated heterocycles. The van der Waals surface area contributed by atoms with E-state index in [2.05, 4.69) is 6.07 Å². The molecule has 4 aromatic rings. The number of rotatable bonds is 9. The summed E-state index contributed by atoms with van der Waals surface area (Å²) in [4.78, 5) is 12.4. The number of fused-ring (bicyclic) bond motifs is 1. The molecule has 212 valence electrons. The second-order valence-electron chi connectivity index (χ2n) is 9.50. The summed E-state index contributed by atoms with van der Waals surface area (Å²) in [5.41, 5.74) is 10.0. The monoisotopic (exact) mass is 582 g/mol. The maximum Gasteiger partial charge on any atom is 0.349 e. The number of nitrogens with two attached hydrogens (primary N) is 1. The van der Waals surface area contributed by atoms with Crippen LogP contribution >= 0.6 is 11.6 Å². The molecule has 1 aliphatic heterocycles. The Morgan fingerprint density at radius 3 is 2.50 bits per heavy atom. The van der Waals surface area contributed by atoms with E-state index < -0.39 is 11.9 Å². The van der Waals surface area contributed by atoms with Gasteiger partial charge in [-0.1, -0.05) is 65.7 Å². The first kappa shape index (κ1) is 28.4. The average Bonchev–Trinajstić information content (AvgIpc) is 2.99. The Morgan fingerprint density at radius 2 is 1.76 bits per heavy atom. The van der Waals surface area contributed by atoms with Crippen LogP contribution in [0, 0.1) is 18.3 Å². The minimum atomic E-state index is -0.630. The van der Waals surface area contributed by atoms with Gasteiger partial charge in [0.15, 0.2) is 18.1 Å². The topological polar surface area (TPSA) is 113 Å². The molecule has 0 fully saturated rings. The Hall–Kier alpha value is -5.13. The molecule has 9 heteroatoms. The number of carbonyl (C=O) groups excluding carboxylic acids is 1. The number of methoxy groups -OCH3 is 1. The van der Waals surface area contributed by atoms with Gasteiger partial charge < -0.3 is 29.4 Å². The van der Waals surface area contributed by atoms with Crippen LogP contribution in [0.25, 0.3) is 0 Å². The highest BCUT2D eigenvalue weighted by Gasteiger charge is 2.32. The maximum absolute atomic E-state index is 12.4. The number of halogens is 1. The zero-order valence-electron chi connectivity index (χ0n) is 22.9. The molecule has 1 unspecified atom stereocenters. The van der Waals surface area contributed by atoms with E-state index in [0.717, 1.165) is 11.1 Å². The number of nitriles is 1. The fourth-order valence-corrected chi connectivity index (χ4v) is 4.72. The quantitative estimate of drug-likeness (QED) is 0.177. The molecule has 2 N–H and O–H groups in total. The Labute approximate surface area is 248 Å². The van der Waals surface area contributed by atoms with Gasteiger partial charge in [0.25, 0.3) is 0 Å². The number of hydrogen-bond acceptors (Lipinski definition) is 8. The molecular formula is C33H27ClN2O6. The summed E-state index contributed by atoms with van der Waals surface area (Å²) < 4.78 is 28.3. The Kier molecular flexibility index (Phi) is 8.51. The Balaban J connectivity index is 1.36. The predicted octanol–water partition coefficient (Wildman–Crippen LogP) is 6.44. The summed E-state index contributed by atoms with van der Waals surface area (Å²) in [7, 11) is 1.56. The molecule has 5 rings (SSSR count). The lowest BCUT2D eigenvalue weighted by atomic mass is 9.83. The van der Waals surface area contributed by atoms with Gasteiger partial charge in [0, 0.05) is 11.6 Å². The molecule has 0 radical (unpaired) electrons. The fraction of sp³-hybridized carbons (Fsp3) is 0.152. The van der Waals surface area contributed by atoms with Crippen LogP contribution in [0.15, 0.2) is 96.4 Å². The number of nitrogens with zero attached hydrogens (tertiary/aromatic N) is 1. The summed E-state index contributed by atoms with van der Waals surface area (Å²) >= 11 is 6.07. The van der Waals surface area contributed by atoms with Crippen molar-refractivity contribution in [1.82, 2.24) is 0 Å². The lowest BCUT2D eigenvalue weighted by Gasteiger charge is -2.27. The molecule has 0 saturated carbocycles. The van der Waals surface area contributed by atoms with Crippen molar-refractivity contribution in [2.24, 2.45) is 5.73 Å². The van der Waals surface area contributed by atoms with Gasteiger partial charge in [-0.25, -0.2) is 4.79 Å². The standard InChI is InChI=1S/C33H27ClN2O6/c1-20-7-9-21(10-8-20)18-39-28-14-11-22(15-30(28)38-2)32-24-13-12-23(16-29(24)42-33(36)25(32)17-35)41-31(37)19-40-27-6-4-3-5-26(27)34/h3-16,32H,18-19,36H2,1-2H3. The van der Waals surface area contributed by atoms with Crippen LogP contribution in [0.1, 0.15) is 28.2 Å².